The van der Waals surface area contributed by atoms with Crippen LogP contribution in [-0.2, 0) is 5.88 Å². The van der Waals surface area contributed by atoms with E-state index in [1.54, 1.807) is 0 Å². The predicted octanol–water partition coefficient (Wildman–Crippen LogP) is 4.48. The van der Waals surface area contributed by atoms with E-state index in [2.05, 4.69) is 39.0 Å². The van der Waals surface area contributed by atoms with Crippen LogP contribution in [0.1, 0.15) is 25.0 Å². The van der Waals surface area contributed by atoms with Crippen LogP contribution in [0.25, 0.3) is 0 Å². The molecule has 1 aromatic carbocycles. The smallest absolute Gasteiger partial charge is 0.0474 e. The van der Waals surface area contributed by atoms with E-state index >= 15 is 0 Å². The second-order valence-corrected chi connectivity index (χ2v) is 5.27. The van der Waals surface area contributed by atoms with Gasteiger partial charge in [-0.2, -0.15) is 0 Å². The molecule has 0 fully saturated rings. The van der Waals surface area contributed by atoms with Crippen molar-refractivity contribution in [3.05, 3.63) is 29.3 Å². The highest BCUT2D eigenvalue weighted by Gasteiger charge is 2.01. The fraction of sp³-hybridized carbons (Fsp3) is 0.500. The molecule has 0 nitrogen and oxygen atoms in total. The van der Waals surface area contributed by atoms with Crippen LogP contribution in [0.5, 0.6) is 0 Å². The summed E-state index contributed by atoms with van der Waals surface area (Å²) >= 11 is 7.70. The van der Waals surface area contributed by atoms with Crippen LogP contribution < -0.4 is 0 Å². The van der Waals surface area contributed by atoms with Gasteiger partial charge in [0.25, 0.3) is 0 Å². The third-order valence-corrected chi connectivity index (χ3v) is 3.88. The van der Waals surface area contributed by atoms with Crippen molar-refractivity contribution in [3.63, 3.8) is 0 Å². The van der Waals surface area contributed by atoms with Crippen LogP contribution in [0.15, 0.2) is 23.1 Å². The Balaban J connectivity index is 2.69. The molecule has 0 radical (unpaired) electrons. The van der Waals surface area contributed by atoms with Gasteiger partial charge in [0.2, 0.25) is 0 Å². The zero-order valence-electron chi connectivity index (χ0n) is 9.01. The summed E-state index contributed by atoms with van der Waals surface area (Å²) in [6.45, 7) is 6.64. The lowest BCUT2D eigenvalue weighted by atomic mass is 10.2. The summed E-state index contributed by atoms with van der Waals surface area (Å²) in [6.07, 6.45) is 0. The van der Waals surface area contributed by atoms with Crippen LogP contribution >= 0.6 is 23.4 Å². The number of thioether (sulfide) groups is 1. The number of hydrogen-bond acceptors (Lipinski definition) is 1. The number of hydrogen-bond donors (Lipinski definition) is 0. The van der Waals surface area contributed by atoms with Crippen LogP contribution in [0.3, 0.4) is 0 Å². The zero-order chi connectivity index (χ0) is 10.6. The topological polar surface area (TPSA) is 0 Å². The van der Waals surface area contributed by atoms with Crippen molar-refractivity contribution in [3.8, 4) is 0 Å². The number of alkyl halides is 1. The Morgan fingerprint density at radius 3 is 2.57 bits per heavy atom. The van der Waals surface area contributed by atoms with Crippen molar-refractivity contribution in [1.29, 1.82) is 0 Å². The largest absolute Gasteiger partial charge is 0.126 e. The third-order valence-electron chi connectivity index (χ3n) is 1.97. The second kappa shape index (κ2) is 5.67. The van der Waals surface area contributed by atoms with Crippen LogP contribution in [-0.4, -0.2) is 5.75 Å². The SMILES string of the molecule is Cc1cc(CCl)ccc1SCC(C)C. The van der Waals surface area contributed by atoms with Crippen LogP contribution in [0.4, 0.5) is 0 Å². The fourth-order valence-corrected chi connectivity index (χ4v) is 2.34. The summed E-state index contributed by atoms with van der Waals surface area (Å²) < 4.78 is 0. The van der Waals surface area contributed by atoms with Gasteiger partial charge < -0.3 is 0 Å². The van der Waals surface area contributed by atoms with E-state index in [1.807, 2.05) is 11.8 Å². The quantitative estimate of drug-likeness (QED) is 0.541. The first-order valence-corrected chi connectivity index (χ1v) is 6.43. The molecule has 0 N–H and O–H groups in total. The molecule has 0 spiro atoms. The molecule has 0 saturated heterocycles. The molecule has 0 aromatic heterocycles. The third kappa shape index (κ3) is 3.55. The highest BCUT2D eigenvalue weighted by Crippen LogP contribution is 2.25. The first-order valence-electron chi connectivity index (χ1n) is 4.91. The molecule has 14 heavy (non-hydrogen) atoms. The normalized spacial score (nSPS) is 10.9. The van der Waals surface area contributed by atoms with Gasteiger partial charge in [0, 0.05) is 16.5 Å². The first-order chi connectivity index (χ1) is 6.63. The maximum Gasteiger partial charge on any atom is 0.0474 e. The molecule has 0 amide bonds. The van der Waals surface area contributed by atoms with Gasteiger partial charge >= 0.3 is 0 Å². The Kier molecular flexibility index (Phi) is 4.83. The highest BCUT2D eigenvalue weighted by atomic mass is 35.5. The Labute approximate surface area is 96.0 Å². The molecule has 0 unspecified atom stereocenters. The molecule has 0 aliphatic rings. The lowest BCUT2D eigenvalue weighted by Gasteiger charge is -2.08. The molecular weight excluding hydrogens is 212 g/mol. The minimum Gasteiger partial charge on any atom is -0.126 e. The summed E-state index contributed by atoms with van der Waals surface area (Å²) in [6, 6.07) is 6.47. The molecule has 2 heteroatoms. The molecule has 0 aliphatic heterocycles. The molecular formula is C12H17ClS. The van der Waals surface area contributed by atoms with E-state index in [0.717, 1.165) is 5.92 Å². The van der Waals surface area contributed by atoms with E-state index < -0.39 is 0 Å². The Morgan fingerprint density at radius 1 is 1.36 bits per heavy atom. The monoisotopic (exact) mass is 228 g/mol. The molecule has 0 atom stereocenters. The van der Waals surface area contributed by atoms with Gasteiger partial charge in [-0.25, -0.2) is 0 Å². The maximum absolute atomic E-state index is 5.77. The Morgan fingerprint density at radius 2 is 2.07 bits per heavy atom. The van der Waals surface area contributed by atoms with Crippen molar-refractivity contribution < 1.29 is 0 Å². The molecule has 0 saturated carbocycles. The van der Waals surface area contributed by atoms with Crippen LogP contribution in [0.2, 0.25) is 0 Å². The summed E-state index contributed by atoms with van der Waals surface area (Å²) in [4.78, 5) is 1.38. The summed E-state index contributed by atoms with van der Waals surface area (Å²) in [5.74, 6) is 2.53. The lowest BCUT2D eigenvalue weighted by molar-refractivity contribution is 0.750. The van der Waals surface area contributed by atoms with Crippen molar-refractivity contribution >= 4 is 23.4 Å². The van der Waals surface area contributed by atoms with E-state index in [9.17, 15) is 0 Å². The van der Waals surface area contributed by atoms with Gasteiger partial charge in [-0.05, 0) is 30.0 Å². The van der Waals surface area contributed by atoms with Crippen molar-refractivity contribution in [2.45, 2.75) is 31.5 Å². The van der Waals surface area contributed by atoms with Gasteiger partial charge in [-0.15, -0.1) is 23.4 Å². The standard InChI is InChI=1S/C12H17ClS/c1-9(2)8-14-12-5-4-11(7-13)6-10(12)3/h4-6,9H,7-8H2,1-3H3. The van der Waals surface area contributed by atoms with Gasteiger partial charge in [-0.1, -0.05) is 26.0 Å². The molecule has 78 valence electrons. The molecule has 0 bridgehead atoms. The van der Waals surface area contributed by atoms with Gasteiger partial charge in [0.1, 0.15) is 0 Å². The Bertz CT molecular complexity index is 294. The minimum atomic E-state index is 0.607. The number of halogens is 1. The maximum atomic E-state index is 5.77. The number of benzene rings is 1. The fourth-order valence-electron chi connectivity index (χ4n) is 1.21. The van der Waals surface area contributed by atoms with Gasteiger partial charge in [0.15, 0.2) is 0 Å². The molecule has 1 aromatic rings. The van der Waals surface area contributed by atoms with Crippen molar-refractivity contribution in [2.75, 3.05) is 5.75 Å². The first kappa shape index (κ1) is 11.9. The average molecular weight is 229 g/mol. The highest BCUT2D eigenvalue weighted by molar-refractivity contribution is 7.99. The second-order valence-electron chi connectivity index (χ2n) is 3.94. The van der Waals surface area contributed by atoms with Crippen molar-refractivity contribution in [1.82, 2.24) is 0 Å². The molecule has 1 rings (SSSR count). The summed E-state index contributed by atoms with van der Waals surface area (Å²) in [5, 5.41) is 0. The zero-order valence-corrected chi connectivity index (χ0v) is 10.6. The van der Waals surface area contributed by atoms with Gasteiger partial charge in [-0.3, -0.25) is 0 Å². The average Bonchev–Trinajstić information content (AvgIpc) is 2.15. The van der Waals surface area contributed by atoms with Crippen molar-refractivity contribution in [2.24, 2.45) is 5.92 Å². The number of aryl methyl sites for hydroxylation is 1. The lowest BCUT2D eigenvalue weighted by Crippen LogP contribution is -1.92. The van der Waals surface area contributed by atoms with E-state index in [0.29, 0.717) is 5.88 Å². The number of rotatable bonds is 4. The summed E-state index contributed by atoms with van der Waals surface area (Å²) in [7, 11) is 0. The van der Waals surface area contributed by atoms with E-state index in [1.165, 1.54) is 21.8 Å². The van der Waals surface area contributed by atoms with Crippen LogP contribution in [0, 0.1) is 12.8 Å². The minimum absolute atomic E-state index is 0.607. The molecule has 0 heterocycles. The van der Waals surface area contributed by atoms with E-state index in [4.69, 9.17) is 11.6 Å². The van der Waals surface area contributed by atoms with Gasteiger partial charge in [0.05, 0.1) is 0 Å². The summed E-state index contributed by atoms with van der Waals surface area (Å²) in [5.41, 5.74) is 2.55. The molecule has 0 aliphatic carbocycles. The van der Waals surface area contributed by atoms with E-state index in [-0.39, 0.29) is 0 Å². The Hall–Kier alpha value is -0.140. The predicted molar refractivity (Wildman–Crippen MR) is 66.3 cm³/mol.